The fourth-order valence-corrected chi connectivity index (χ4v) is 1.98. The van der Waals surface area contributed by atoms with Crippen molar-refractivity contribution >= 4 is 11.5 Å². The van der Waals surface area contributed by atoms with Gasteiger partial charge >= 0.3 is 0 Å². The first-order valence-corrected chi connectivity index (χ1v) is 5.27. The summed E-state index contributed by atoms with van der Waals surface area (Å²) < 4.78 is 0. The van der Waals surface area contributed by atoms with E-state index in [9.17, 15) is 9.90 Å². The van der Waals surface area contributed by atoms with Crippen molar-refractivity contribution in [2.45, 2.75) is 19.8 Å². The first kappa shape index (κ1) is 10.0. The number of hydrogen-bond donors (Lipinski definition) is 1. The van der Waals surface area contributed by atoms with Gasteiger partial charge in [-0.05, 0) is 38.0 Å². The van der Waals surface area contributed by atoms with Crippen LogP contribution in [0.1, 0.15) is 30.1 Å². The van der Waals surface area contributed by atoms with Gasteiger partial charge in [-0.2, -0.15) is 0 Å². The number of ketones is 1. The van der Waals surface area contributed by atoms with Crippen LogP contribution in [-0.2, 0) is 0 Å². The Hall–Kier alpha value is -1.51. The van der Waals surface area contributed by atoms with Crippen LogP contribution in [0.5, 0.6) is 5.75 Å². The average Bonchev–Trinajstić information content (AvgIpc) is 2.71. The second-order valence-corrected chi connectivity index (χ2v) is 3.95. The fraction of sp³-hybridized carbons (Fsp3) is 0.417. The van der Waals surface area contributed by atoms with E-state index in [0.717, 1.165) is 18.8 Å². The third-order valence-corrected chi connectivity index (χ3v) is 2.83. The van der Waals surface area contributed by atoms with Crippen molar-refractivity contribution < 1.29 is 9.90 Å². The Balaban J connectivity index is 2.33. The number of nitrogens with zero attached hydrogens (tertiary/aromatic N) is 1. The molecule has 1 saturated heterocycles. The predicted molar refractivity (Wildman–Crippen MR) is 59.6 cm³/mol. The van der Waals surface area contributed by atoms with Crippen molar-refractivity contribution in [3.05, 3.63) is 23.8 Å². The highest BCUT2D eigenvalue weighted by Crippen LogP contribution is 2.26. The molecular weight excluding hydrogens is 190 g/mol. The Morgan fingerprint density at radius 1 is 1.33 bits per heavy atom. The number of carbonyl (C=O) groups is 1. The maximum Gasteiger partial charge on any atom is 0.163 e. The van der Waals surface area contributed by atoms with Crippen LogP contribution in [0.25, 0.3) is 0 Å². The van der Waals surface area contributed by atoms with Crippen molar-refractivity contribution in [1.29, 1.82) is 0 Å². The quantitative estimate of drug-likeness (QED) is 0.752. The first-order chi connectivity index (χ1) is 7.18. The lowest BCUT2D eigenvalue weighted by molar-refractivity contribution is 0.101. The molecule has 1 heterocycles. The molecule has 1 aromatic carbocycles. The number of anilines is 1. The molecule has 1 aromatic rings. The van der Waals surface area contributed by atoms with Crippen molar-refractivity contribution in [3.63, 3.8) is 0 Å². The van der Waals surface area contributed by atoms with E-state index in [-0.39, 0.29) is 11.5 Å². The fourth-order valence-electron chi connectivity index (χ4n) is 1.98. The minimum Gasteiger partial charge on any atom is -0.507 e. The lowest BCUT2D eigenvalue weighted by Gasteiger charge is -2.18. The van der Waals surface area contributed by atoms with Crippen LogP contribution in [0.2, 0.25) is 0 Å². The van der Waals surface area contributed by atoms with Gasteiger partial charge in [0.1, 0.15) is 5.75 Å². The Labute approximate surface area is 89.3 Å². The molecule has 80 valence electrons. The maximum absolute atomic E-state index is 11.3. The van der Waals surface area contributed by atoms with Gasteiger partial charge in [-0.25, -0.2) is 0 Å². The van der Waals surface area contributed by atoms with Crippen molar-refractivity contribution in [2.24, 2.45) is 0 Å². The van der Waals surface area contributed by atoms with Crippen LogP contribution < -0.4 is 4.90 Å². The van der Waals surface area contributed by atoms with Gasteiger partial charge in [0, 0.05) is 18.8 Å². The highest BCUT2D eigenvalue weighted by atomic mass is 16.3. The van der Waals surface area contributed by atoms with Crippen molar-refractivity contribution in [2.75, 3.05) is 18.0 Å². The molecule has 15 heavy (non-hydrogen) atoms. The molecule has 3 nitrogen and oxygen atoms in total. The van der Waals surface area contributed by atoms with Crippen LogP contribution >= 0.6 is 0 Å². The van der Waals surface area contributed by atoms with E-state index in [4.69, 9.17) is 0 Å². The zero-order chi connectivity index (χ0) is 10.8. The number of benzene rings is 1. The molecule has 1 aliphatic heterocycles. The molecule has 1 N–H and O–H groups in total. The zero-order valence-corrected chi connectivity index (χ0v) is 8.86. The Morgan fingerprint density at radius 2 is 2.00 bits per heavy atom. The van der Waals surface area contributed by atoms with E-state index in [1.165, 1.54) is 19.8 Å². The number of phenolic OH excluding ortho intramolecular Hbond substituents is 1. The molecule has 0 amide bonds. The van der Waals surface area contributed by atoms with Crippen LogP contribution in [0.15, 0.2) is 18.2 Å². The number of phenols is 1. The molecule has 0 aromatic heterocycles. The number of carbonyl (C=O) groups excluding carboxylic acids is 1. The number of hydrogen-bond acceptors (Lipinski definition) is 3. The van der Waals surface area contributed by atoms with Gasteiger partial charge in [-0.1, -0.05) is 0 Å². The van der Waals surface area contributed by atoms with E-state index in [2.05, 4.69) is 4.90 Å². The number of Topliss-reactive ketones (excluding diaryl/α,β-unsaturated/α-hetero) is 1. The highest BCUT2D eigenvalue weighted by Gasteiger charge is 2.15. The van der Waals surface area contributed by atoms with Gasteiger partial charge in [-0.15, -0.1) is 0 Å². The minimum atomic E-state index is -0.0893. The van der Waals surface area contributed by atoms with E-state index in [1.54, 1.807) is 12.1 Å². The van der Waals surface area contributed by atoms with E-state index in [1.807, 2.05) is 6.07 Å². The summed E-state index contributed by atoms with van der Waals surface area (Å²) in [6, 6.07) is 5.25. The summed E-state index contributed by atoms with van der Waals surface area (Å²) in [4.78, 5) is 13.5. The van der Waals surface area contributed by atoms with Crippen LogP contribution in [-0.4, -0.2) is 24.0 Å². The Bertz CT molecular complexity index is 381. The summed E-state index contributed by atoms with van der Waals surface area (Å²) in [5, 5.41) is 9.51. The smallest absolute Gasteiger partial charge is 0.163 e. The summed E-state index contributed by atoms with van der Waals surface area (Å²) in [6.07, 6.45) is 2.41. The molecule has 0 atom stereocenters. The van der Waals surface area contributed by atoms with Gasteiger partial charge in [0.2, 0.25) is 0 Å². The van der Waals surface area contributed by atoms with Crippen molar-refractivity contribution in [1.82, 2.24) is 0 Å². The van der Waals surface area contributed by atoms with Gasteiger partial charge in [0.05, 0.1) is 5.56 Å². The minimum absolute atomic E-state index is 0.0745. The topological polar surface area (TPSA) is 40.5 Å². The summed E-state index contributed by atoms with van der Waals surface area (Å²) in [5.41, 5.74) is 1.45. The second-order valence-electron chi connectivity index (χ2n) is 3.95. The molecule has 0 unspecified atom stereocenters. The average molecular weight is 205 g/mol. The third-order valence-electron chi connectivity index (χ3n) is 2.83. The summed E-state index contributed by atoms with van der Waals surface area (Å²) >= 11 is 0. The second kappa shape index (κ2) is 3.93. The van der Waals surface area contributed by atoms with Crippen molar-refractivity contribution in [3.8, 4) is 5.75 Å². The summed E-state index contributed by atoms with van der Waals surface area (Å²) in [6.45, 7) is 3.56. The van der Waals surface area contributed by atoms with Gasteiger partial charge in [0.25, 0.3) is 0 Å². The van der Waals surface area contributed by atoms with E-state index < -0.39 is 0 Å². The standard InChI is InChI=1S/C12H15NO2/c1-9(14)11-8-10(4-5-12(11)15)13-6-2-3-7-13/h4-5,8,15H,2-3,6-7H2,1H3. The molecule has 0 bridgehead atoms. The third kappa shape index (κ3) is 1.96. The largest absolute Gasteiger partial charge is 0.507 e. The lowest BCUT2D eigenvalue weighted by atomic mass is 10.1. The van der Waals surface area contributed by atoms with Crippen LogP contribution in [0, 0.1) is 0 Å². The Kier molecular flexibility index (Phi) is 2.62. The molecular formula is C12H15NO2. The van der Waals surface area contributed by atoms with E-state index in [0.29, 0.717) is 5.56 Å². The predicted octanol–water partition coefficient (Wildman–Crippen LogP) is 2.20. The van der Waals surface area contributed by atoms with Gasteiger partial charge < -0.3 is 10.0 Å². The molecule has 1 fully saturated rings. The normalized spacial score (nSPS) is 15.7. The lowest BCUT2D eigenvalue weighted by Crippen LogP contribution is -2.17. The van der Waals surface area contributed by atoms with Gasteiger partial charge in [-0.3, -0.25) is 4.79 Å². The molecule has 0 aliphatic carbocycles. The molecule has 1 aliphatic rings. The Morgan fingerprint density at radius 3 is 2.60 bits per heavy atom. The summed E-state index contributed by atoms with van der Waals surface area (Å²) in [5.74, 6) is -0.0148. The molecule has 0 spiro atoms. The summed E-state index contributed by atoms with van der Waals surface area (Å²) in [7, 11) is 0. The maximum atomic E-state index is 11.3. The molecule has 0 saturated carbocycles. The number of aromatic hydroxyl groups is 1. The number of rotatable bonds is 2. The SMILES string of the molecule is CC(=O)c1cc(N2CCCC2)ccc1O. The van der Waals surface area contributed by atoms with Gasteiger partial charge in [0.15, 0.2) is 5.78 Å². The first-order valence-electron chi connectivity index (χ1n) is 5.27. The monoisotopic (exact) mass is 205 g/mol. The van der Waals surface area contributed by atoms with Crippen LogP contribution in [0.3, 0.4) is 0 Å². The zero-order valence-electron chi connectivity index (χ0n) is 8.86. The molecule has 0 radical (unpaired) electrons. The molecule has 2 rings (SSSR count). The van der Waals surface area contributed by atoms with Crippen LogP contribution in [0.4, 0.5) is 5.69 Å². The van der Waals surface area contributed by atoms with E-state index >= 15 is 0 Å². The highest BCUT2D eigenvalue weighted by molar-refractivity contribution is 5.97. The molecule has 3 heteroatoms.